The van der Waals surface area contributed by atoms with Crippen LogP contribution in [0.4, 0.5) is 0 Å². The molecule has 1 aromatic heterocycles. The largest absolute Gasteiger partial charge is 0.347 e. The van der Waals surface area contributed by atoms with Crippen molar-refractivity contribution in [1.82, 2.24) is 4.57 Å². The fourth-order valence-electron chi connectivity index (χ4n) is 6.74. The number of halogens is 1. The summed E-state index contributed by atoms with van der Waals surface area (Å²) in [5, 5.41) is 1.30. The predicted molar refractivity (Wildman–Crippen MR) is 153 cm³/mol. The standard InChI is InChI=1S/C32H42N2O.ClH/c1-23-10-9-14-25(18-23)29(20-27(35)19-26-13-5-7-16-31(26)33)30-22-34(21-24-11-3-2-4-12-24)32-17-8-6-15-28(30)32;/h6,8-10,14-15,17-18,22,24,26,29,31H,2-5,7,11-13,16,19-21,33H2,1H3;1H/t26-,29?,31+;/m1./s1. The molecule has 2 aliphatic carbocycles. The van der Waals surface area contributed by atoms with Crippen molar-refractivity contribution in [1.29, 1.82) is 0 Å². The predicted octanol–water partition coefficient (Wildman–Crippen LogP) is 7.95. The zero-order valence-corrected chi connectivity index (χ0v) is 22.6. The highest BCUT2D eigenvalue weighted by atomic mass is 35.5. The van der Waals surface area contributed by atoms with E-state index in [0.29, 0.717) is 24.5 Å². The fourth-order valence-corrected chi connectivity index (χ4v) is 6.74. The number of ketones is 1. The maximum Gasteiger partial charge on any atom is 0.134 e. The number of aromatic nitrogens is 1. The molecule has 5 rings (SSSR count). The summed E-state index contributed by atoms with van der Waals surface area (Å²) in [4.78, 5) is 13.5. The molecule has 3 atom stereocenters. The third-order valence-electron chi connectivity index (χ3n) is 8.71. The summed E-state index contributed by atoms with van der Waals surface area (Å²) in [5.74, 6) is 1.56. The molecule has 2 fully saturated rings. The molecule has 0 amide bonds. The molecule has 4 heteroatoms. The minimum Gasteiger partial charge on any atom is -0.347 e. The number of aryl methyl sites for hydroxylation is 1. The number of rotatable bonds is 8. The van der Waals surface area contributed by atoms with Crippen molar-refractivity contribution in [3.05, 3.63) is 71.4 Å². The number of nitrogens with zero attached hydrogens (tertiary/aromatic N) is 1. The zero-order valence-electron chi connectivity index (χ0n) is 21.8. The number of benzene rings is 2. The number of carbonyl (C=O) groups is 1. The Morgan fingerprint density at radius 3 is 2.50 bits per heavy atom. The molecule has 0 radical (unpaired) electrons. The van der Waals surface area contributed by atoms with Crippen molar-refractivity contribution in [2.75, 3.05) is 0 Å². The zero-order chi connectivity index (χ0) is 24.2. The fraction of sp³-hybridized carbons (Fsp3) is 0.531. The first-order valence-electron chi connectivity index (χ1n) is 14.0. The first-order chi connectivity index (χ1) is 17.1. The van der Waals surface area contributed by atoms with Crippen LogP contribution in [0, 0.1) is 18.8 Å². The third-order valence-corrected chi connectivity index (χ3v) is 8.71. The van der Waals surface area contributed by atoms with Gasteiger partial charge in [-0.3, -0.25) is 4.79 Å². The highest BCUT2D eigenvalue weighted by Gasteiger charge is 2.28. The number of carbonyl (C=O) groups excluding carboxylic acids is 1. The lowest BCUT2D eigenvalue weighted by molar-refractivity contribution is -0.120. The van der Waals surface area contributed by atoms with Gasteiger partial charge in [-0.2, -0.15) is 0 Å². The average molecular weight is 507 g/mol. The SMILES string of the molecule is Cc1cccc(C(CC(=O)C[C@H]2CCCC[C@@H]2N)c2cn(CC3CCCCC3)c3ccccc23)c1.Cl. The van der Waals surface area contributed by atoms with E-state index in [1.165, 1.54) is 72.5 Å². The van der Waals surface area contributed by atoms with Crippen LogP contribution >= 0.6 is 12.4 Å². The smallest absolute Gasteiger partial charge is 0.134 e. The van der Waals surface area contributed by atoms with E-state index in [1.54, 1.807) is 0 Å². The second kappa shape index (κ2) is 12.4. The highest BCUT2D eigenvalue weighted by molar-refractivity contribution is 5.87. The number of para-hydroxylation sites is 1. The van der Waals surface area contributed by atoms with Gasteiger partial charge in [-0.05, 0) is 61.6 Å². The summed E-state index contributed by atoms with van der Waals surface area (Å²) in [6.07, 6.45) is 14.9. The molecule has 0 spiro atoms. The summed E-state index contributed by atoms with van der Waals surface area (Å²) < 4.78 is 2.49. The van der Waals surface area contributed by atoms with E-state index in [4.69, 9.17) is 5.73 Å². The molecule has 1 unspecified atom stereocenters. The van der Waals surface area contributed by atoms with Gasteiger partial charge < -0.3 is 10.3 Å². The molecule has 0 bridgehead atoms. The number of fused-ring (bicyclic) bond motifs is 1. The maximum atomic E-state index is 13.5. The van der Waals surface area contributed by atoms with Crippen LogP contribution in [-0.2, 0) is 11.3 Å². The first-order valence-corrected chi connectivity index (χ1v) is 14.0. The molecule has 2 aromatic carbocycles. The molecule has 2 N–H and O–H groups in total. The molecule has 3 aromatic rings. The Hall–Kier alpha value is -2.10. The lowest BCUT2D eigenvalue weighted by Crippen LogP contribution is -2.34. The van der Waals surface area contributed by atoms with Crippen LogP contribution in [0.1, 0.15) is 93.2 Å². The van der Waals surface area contributed by atoms with Gasteiger partial charge in [0.1, 0.15) is 5.78 Å². The van der Waals surface area contributed by atoms with E-state index in [0.717, 1.165) is 25.3 Å². The monoisotopic (exact) mass is 506 g/mol. The Bertz CT molecular complexity index is 1150. The van der Waals surface area contributed by atoms with E-state index in [-0.39, 0.29) is 24.4 Å². The quantitative estimate of drug-likeness (QED) is 0.337. The molecule has 2 aliphatic rings. The summed E-state index contributed by atoms with van der Waals surface area (Å²) in [6.45, 7) is 3.24. The van der Waals surface area contributed by atoms with Crippen LogP contribution in [0.25, 0.3) is 10.9 Å². The normalized spacial score (nSPS) is 21.7. The topological polar surface area (TPSA) is 48.0 Å². The summed E-state index contributed by atoms with van der Waals surface area (Å²) in [5.41, 5.74) is 11.5. The molecule has 0 aliphatic heterocycles. The maximum absolute atomic E-state index is 13.5. The van der Waals surface area contributed by atoms with Gasteiger partial charge in [0.25, 0.3) is 0 Å². The van der Waals surface area contributed by atoms with Crippen molar-refractivity contribution < 1.29 is 4.79 Å². The number of nitrogens with two attached hydrogens (primary N) is 1. The van der Waals surface area contributed by atoms with Crippen LogP contribution in [0.2, 0.25) is 0 Å². The lowest BCUT2D eigenvalue weighted by atomic mass is 9.79. The van der Waals surface area contributed by atoms with Gasteiger partial charge >= 0.3 is 0 Å². The van der Waals surface area contributed by atoms with E-state index < -0.39 is 0 Å². The summed E-state index contributed by atoms with van der Waals surface area (Å²) in [6, 6.07) is 17.8. The number of hydrogen-bond donors (Lipinski definition) is 1. The average Bonchev–Trinajstić information content (AvgIpc) is 3.23. The number of hydrogen-bond acceptors (Lipinski definition) is 2. The van der Waals surface area contributed by atoms with Crippen LogP contribution in [0.3, 0.4) is 0 Å². The minimum absolute atomic E-state index is 0. The Morgan fingerprint density at radius 1 is 0.972 bits per heavy atom. The van der Waals surface area contributed by atoms with Crippen molar-refractivity contribution in [2.24, 2.45) is 17.6 Å². The van der Waals surface area contributed by atoms with Gasteiger partial charge in [-0.25, -0.2) is 0 Å². The van der Waals surface area contributed by atoms with Gasteiger partial charge in [0.05, 0.1) is 0 Å². The van der Waals surface area contributed by atoms with Crippen molar-refractivity contribution in [2.45, 2.75) is 96.1 Å². The van der Waals surface area contributed by atoms with Crippen LogP contribution in [-0.4, -0.2) is 16.4 Å². The van der Waals surface area contributed by atoms with E-state index in [9.17, 15) is 4.79 Å². The second-order valence-corrected chi connectivity index (χ2v) is 11.4. The molecule has 3 nitrogen and oxygen atoms in total. The van der Waals surface area contributed by atoms with Crippen molar-refractivity contribution in [3.63, 3.8) is 0 Å². The van der Waals surface area contributed by atoms with Crippen LogP contribution in [0.5, 0.6) is 0 Å². The van der Waals surface area contributed by atoms with Crippen molar-refractivity contribution in [3.8, 4) is 0 Å². The Labute approximate surface area is 223 Å². The highest BCUT2D eigenvalue weighted by Crippen LogP contribution is 2.37. The second-order valence-electron chi connectivity index (χ2n) is 11.4. The molecule has 1 heterocycles. The first kappa shape index (κ1) is 26.9. The molecule has 36 heavy (non-hydrogen) atoms. The Morgan fingerprint density at radius 2 is 1.72 bits per heavy atom. The molecular weight excluding hydrogens is 464 g/mol. The van der Waals surface area contributed by atoms with Gasteiger partial charge in [0, 0.05) is 48.4 Å². The third kappa shape index (κ3) is 6.23. The molecular formula is C32H43ClN2O. The molecule has 2 saturated carbocycles. The van der Waals surface area contributed by atoms with Gasteiger partial charge in [0.15, 0.2) is 0 Å². The molecule has 194 valence electrons. The lowest BCUT2D eigenvalue weighted by Gasteiger charge is -2.28. The Kier molecular flexibility index (Phi) is 9.30. The van der Waals surface area contributed by atoms with Gasteiger partial charge in [-0.1, -0.05) is 80.1 Å². The van der Waals surface area contributed by atoms with Crippen LogP contribution < -0.4 is 5.73 Å². The van der Waals surface area contributed by atoms with Gasteiger partial charge in [0.2, 0.25) is 0 Å². The summed E-state index contributed by atoms with van der Waals surface area (Å²) in [7, 11) is 0. The van der Waals surface area contributed by atoms with Crippen molar-refractivity contribution >= 4 is 29.1 Å². The Balaban J connectivity index is 0.00000304. The van der Waals surface area contributed by atoms with E-state index in [1.807, 2.05) is 0 Å². The van der Waals surface area contributed by atoms with E-state index >= 15 is 0 Å². The van der Waals surface area contributed by atoms with Gasteiger partial charge in [-0.15, -0.1) is 12.4 Å². The van der Waals surface area contributed by atoms with E-state index in [2.05, 4.69) is 66.2 Å². The van der Waals surface area contributed by atoms with Crippen LogP contribution in [0.15, 0.2) is 54.7 Å². The summed E-state index contributed by atoms with van der Waals surface area (Å²) >= 11 is 0. The molecule has 0 saturated heterocycles. The number of Topliss-reactive ketones (excluding diaryl/α,β-unsaturated/α-hetero) is 1. The minimum atomic E-state index is 0.